The van der Waals surface area contributed by atoms with Crippen molar-refractivity contribution in [2.24, 2.45) is 0 Å². The molecule has 4 aromatic rings. The summed E-state index contributed by atoms with van der Waals surface area (Å²) >= 11 is 6.33. The van der Waals surface area contributed by atoms with Gasteiger partial charge in [-0.1, -0.05) is 54.1 Å². The van der Waals surface area contributed by atoms with Gasteiger partial charge in [-0.25, -0.2) is 9.78 Å². The summed E-state index contributed by atoms with van der Waals surface area (Å²) in [6, 6.07) is 15.7. The molecule has 1 saturated heterocycles. The smallest absolute Gasteiger partial charge is 0.326 e. The maximum Gasteiger partial charge on any atom is 0.326 e. The van der Waals surface area contributed by atoms with Gasteiger partial charge in [0.2, 0.25) is 5.91 Å². The van der Waals surface area contributed by atoms with E-state index in [9.17, 15) is 9.59 Å². The Balaban J connectivity index is 1.56. The molecule has 7 heteroatoms. The van der Waals surface area contributed by atoms with Crippen LogP contribution in [0.15, 0.2) is 53.3 Å². The third-order valence-corrected chi connectivity index (χ3v) is 5.72. The molecule has 0 bridgehead atoms. The molecule has 0 atom stereocenters. The number of carbonyl (C=O) groups excluding carboxylic acids is 1. The number of fused-ring (bicyclic) bond motifs is 3. The molecule has 0 saturated carbocycles. The highest BCUT2D eigenvalue weighted by atomic mass is 35.5. The number of carbonyl (C=O) groups is 1. The molecule has 2 aromatic carbocycles. The number of amides is 1. The van der Waals surface area contributed by atoms with E-state index in [2.05, 4.69) is 16.0 Å². The van der Waals surface area contributed by atoms with Crippen LogP contribution in [0.3, 0.4) is 0 Å². The van der Waals surface area contributed by atoms with Crippen LogP contribution in [0.25, 0.3) is 21.9 Å². The Labute approximate surface area is 171 Å². The first-order valence-electron chi connectivity index (χ1n) is 9.62. The number of imidazole rings is 1. The fourth-order valence-corrected chi connectivity index (χ4v) is 4.31. The van der Waals surface area contributed by atoms with Gasteiger partial charge in [-0.05, 0) is 23.6 Å². The average molecular weight is 407 g/mol. The Morgan fingerprint density at radius 3 is 2.62 bits per heavy atom. The first-order valence-corrected chi connectivity index (χ1v) is 10.0. The van der Waals surface area contributed by atoms with Crippen LogP contribution in [0.1, 0.15) is 24.0 Å². The van der Waals surface area contributed by atoms with Gasteiger partial charge in [0, 0.05) is 24.9 Å². The lowest BCUT2D eigenvalue weighted by Crippen LogP contribution is -2.24. The molecule has 1 aliphatic heterocycles. The first kappa shape index (κ1) is 17.9. The van der Waals surface area contributed by atoms with E-state index in [-0.39, 0.29) is 16.8 Å². The lowest BCUT2D eigenvalue weighted by atomic mass is 10.1. The summed E-state index contributed by atoms with van der Waals surface area (Å²) in [6.07, 6.45) is 1.55. The van der Waals surface area contributed by atoms with E-state index in [0.717, 1.165) is 40.5 Å². The summed E-state index contributed by atoms with van der Waals surface area (Å²) < 4.78 is 1.70. The summed E-state index contributed by atoms with van der Waals surface area (Å²) in [5.74, 6) is 0.205. The van der Waals surface area contributed by atoms with Crippen molar-refractivity contribution in [3.05, 3.63) is 75.3 Å². The van der Waals surface area contributed by atoms with Crippen molar-refractivity contribution in [1.82, 2.24) is 19.4 Å². The van der Waals surface area contributed by atoms with Crippen LogP contribution in [0.2, 0.25) is 5.15 Å². The van der Waals surface area contributed by atoms with Gasteiger partial charge in [0.15, 0.2) is 5.15 Å². The zero-order valence-electron chi connectivity index (χ0n) is 15.7. The SMILES string of the molecule is O=C1CCCN1Cc1cccc(Cn2c(=O)[nH]c3c(Cl)nc4ccccc4c32)c1. The summed E-state index contributed by atoms with van der Waals surface area (Å²) in [4.78, 5) is 33.8. The molecule has 1 fully saturated rings. The molecule has 6 nitrogen and oxygen atoms in total. The summed E-state index contributed by atoms with van der Waals surface area (Å²) in [5.41, 5.74) is 3.89. The third kappa shape index (κ3) is 3.19. The standard InChI is InChI=1S/C22H19ClN4O2/c23-21-19-20(16-7-1-2-8-17(16)24-21)27(22(29)25-19)13-15-6-3-5-14(11-15)12-26-10-4-9-18(26)28/h1-3,5-8,11H,4,9-10,12-13H2,(H,25,29). The molecule has 1 aliphatic rings. The molecule has 146 valence electrons. The molecular formula is C22H19ClN4O2. The van der Waals surface area contributed by atoms with Crippen molar-refractivity contribution in [1.29, 1.82) is 0 Å². The maximum absolute atomic E-state index is 12.7. The molecule has 1 amide bonds. The molecular weight excluding hydrogens is 388 g/mol. The number of nitrogens with zero attached hydrogens (tertiary/aromatic N) is 3. The molecule has 0 radical (unpaired) electrons. The van der Waals surface area contributed by atoms with Crippen molar-refractivity contribution in [3.63, 3.8) is 0 Å². The van der Waals surface area contributed by atoms with E-state index < -0.39 is 0 Å². The second-order valence-electron chi connectivity index (χ2n) is 7.40. The van der Waals surface area contributed by atoms with Crippen molar-refractivity contribution < 1.29 is 4.79 Å². The first-order chi connectivity index (χ1) is 14.1. The minimum absolute atomic E-state index is 0.205. The summed E-state index contributed by atoms with van der Waals surface area (Å²) in [6.45, 7) is 1.82. The highest BCUT2D eigenvalue weighted by Crippen LogP contribution is 2.27. The van der Waals surface area contributed by atoms with E-state index in [1.165, 1.54) is 0 Å². The average Bonchev–Trinajstić information content (AvgIpc) is 3.26. The number of rotatable bonds is 4. The number of aromatic amines is 1. The molecule has 3 heterocycles. The number of hydrogen-bond donors (Lipinski definition) is 1. The van der Waals surface area contributed by atoms with Crippen LogP contribution in [0, 0.1) is 0 Å². The third-order valence-electron chi connectivity index (χ3n) is 5.44. The number of benzene rings is 2. The van der Waals surface area contributed by atoms with Crippen LogP contribution in [-0.2, 0) is 17.9 Å². The predicted molar refractivity (Wildman–Crippen MR) is 113 cm³/mol. The quantitative estimate of drug-likeness (QED) is 0.525. The summed E-state index contributed by atoms with van der Waals surface area (Å²) in [5, 5.41) is 1.17. The Bertz CT molecular complexity index is 1310. The van der Waals surface area contributed by atoms with Crippen molar-refractivity contribution in [3.8, 4) is 0 Å². The van der Waals surface area contributed by atoms with Crippen LogP contribution in [-0.4, -0.2) is 31.9 Å². The molecule has 5 rings (SSSR count). The number of halogens is 1. The number of hydrogen-bond acceptors (Lipinski definition) is 3. The lowest BCUT2D eigenvalue weighted by molar-refractivity contribution is -0.128. The Hall–Kier alpha value is -3.12. The Morgan fingerprint density at radius 2 is 1.83 bits per heavy atom. The second kappa shape index (κ2) is 7.04. The predicted octanol–water partition coefficient (Wildman–Crippen LogP) is 3.70. The number of likely N-dealkylation sites (tertiary alicyclic amines) is 1. The topological polar surface area (TPSA) is 71.0 Å². The van der Waals surface area contributed by atoms with Gasteiger partial charge in [-0.15, -0.1) is 0 Å². The highest BCUT2D eigenvalue weighted by Gasteiger charge is 2.20. The van der Waals surface area contributed by atoms with E-state index in [1.54, 1.807) is 4.57 Å². The maximum atomic E-state index is 12.7. The van der Waals surface area contributed by atoms with E-state index in [0.29, 0.717) is 25.0 Å². The van der Waals surface area contributed by atoms with E-state index in [1.807, 2.05) is 47.4 Å². The van der Waals surface area contributed by atoms with Gasteiger partial charge < -0.3 is 9.88 Å². The highest BCUT2D eigenvalue weighted by molar-refractivity contribution is 6.35. The van der Waals surface area contributed by atoms with E-state index in [4.69, 9.17) is 11.6 Å². The Kier molecular flexibility index (Phi) is 4.36. The van der Waals surface area contributed by atoms with Crippen molar-refractivity contribution in [2.45, 2.75) is 25.9 Å². The largest absolute Gasteiger partial charge is 0.338 e. The monoisotopic (exact) mass is 406 g/mol. The minimum atomic E-state index is -0.222. The zero-order chi connectivity index (χ0) is 20.0. The molecule has 2 aromatic heterocycles. The van der Waals surface area contributed by atoms with Gasteiger partial charge in [0.05, 0.1) is 17.6 Å². The van der Waals surface area contributed by atoms with Crippen LogP contribution in [0.4, 0.5) is 0 Å². The fraction of sp³-hybridized carbons (Fsp3) is 0.227. The zero-order valence-corrected chi connectivity index (χ0v) is 16.4. The van der Waals surface area contributed by atoms with E-state index >= 15 is 0 Å². The number of para-hydroxylation sites is 1. The van der Waals surface area contributed by atoms with Gasteiger partial charge in [0.25, 0.3) is 0 Å². The number of H-pyrrole nitrogens is 1. The van der Waals surface area contributed by atoms with Crippen LogP contribution < -0.4 is 5.69 Å². The van der Waals surface area contributed by atoms with Gasteiger partial charge in [0.1, 0.15) is 5.52 Å². The second-order valence-corrected chi connectivity index (χ2v) is 7.76. The molecule has 1 N–H and O–H groups in total. The number of nitrogens with one attached hydrogen (secondary N) is 1. The summed E-state index contributed by atoms with van der Waals surface area (Å²) in [7, 11) is 0. The van der Waals surface area contributed by atoms with Crippen molar-refractivity contribution in [2.75, 3.05) is 6.54 Å². The van der Waals surface area contributed by atoms with Crippen LogP contribution in [0.5, 0.6) is 0 Å². The molecule has 0 spiro atoms. The molecule has 29 heavy (non-hydrogen) atoms. The number of aromatic nitrogens is 3. The normalized spacial score (nSPS) is 14.4. The van der Waals surface area contributed by atoms with Crippen molar-refractivity contribution >= 4 is 39.4 Å². The Morgan fingerprint density at radius 1 is 1.03 bits per heavy atom. The van der Waals surface area contributed by atoms with Gasteiger partial charge >= 0.3 is 5.69 Å². The lowest BCUT2D eigenvalue weighted by Gasteiger charge is -2.16. The molecule has 0 aliphatic carbocycles. The minimum Gasteiger partial charge on any atom is -0.338 e. The number of pyridine rings is 1. The fourth-order valence-electron chi connectivity index (χ4n) is 4.08. The molecule has 0 unspecified atom stereocenters. The van der Waals surface area contributed by atoms with Crippen LogP contribution >= 0.6 is 11.6 Å². The van der Waals surface area contributed by atoms with Gasteiger partial charge in [-0.3, -0.25) is 9.36 Å². The van der Waals surface area contributed by atoms with Gasteiger partial charge in [-0.2, -0.15) is 0 Å².